The first-order chi connectivity index (χ1) is 12.7. The standard InChI is InChI=1S/C21H23N3O2/c25-18-8-11-24(12-9-18)14-17-3-1-2-4-20(17)23-21(26)16-5-6-19-15(13-16)7-10-22-19/h1-7,10,13,18,22,25H,8-9,11-12,14H2,(H,23,26). The Morgan fingerprint density at radius 2 is 1.96 bits per heavy atom. The molecule has 0 bridgehead atoms. The van der Waals surface area contributed by atoms with Crippen molar-refractivity contribution in [1.29, 1.82) is 0 Å². The molecule has 3 aromatic rings. The van der Waals surface area contributed by atoms with Gasteiger partial charge in [-0.3, -0.25) is 9.69 Å². The van der Waals surface area contributed by atoms with Gasteiger partial charge < -0.3 is 15.4 Å². The number of benzene rings is 2. The Morgan fingerprint density at radius 3 is 2.81 bits per heavy atom. The van der Waals surface area contributed by atoms with Gasteiger partial charge in [0.2, 0.25) is 0 Å². The van der Waals surface area contributed by atoms with Crippen LogP contribution in [0.15, 0.2) is 54.7 Å². The third kappa shape index (κ3) is 3.64. The van der Waals surface area contributed by atoms with Crippen LogP contribution in [0, 0.1) is 0 Å². The number of hydrogen-bond acceptors (Lipinski definition) is 3. The summed E-state index contributed by atoms with van der Waals surface area (Å²) < 4.78 is 0. The fourth-order valence-electron chi connectivity index (χ4n) is 3.49. The summed E-state index contributed by atoms with van der Waals surface area (Å²) in [6.07, 6.45) is 3.32. The molecule has 0 spiro atoms. The highest BCUT2D eigenvalue weighted by molar-refractivity contribution is 6.06. The van der Waals surface area contributed by atoms with E-state index in [-0.39, 0.29) is 12.0 Å². The van der Waals surface area contributed by atoms with Gasteiger partial charge in [-0.25, -0.2) is 0 Å². The van der Waals surface area contributed by atoms with E-state index in [1.807, 2.05) is 48.7 Å². The number of rotatable bonds is 4. The van der Waals surface area contributed by atoms with Gasteiger partial charge in [0.15, 0.2) is 0 Å². The van der Waals surface area contributed by atoms with Gasteiger partial charge in [0.25, 0.3) is 5.91 Å². The maximum absolute atomic E-state index is 12.7. The molecule has 0 saturated carbocycles. The molecule has 1 aliphatic rings. The fourth-order valence-corrected chi connectivity index (χ4v) is 3.49. The first kappa shape index (κ1) is 16.8. The predicted molar refractivity (Wildman–Crippen MR) is 103 cm³/mol. The first-order valence-corrected chi connectivity index (χ1v) is 9.06. The average molecular weight is 349 g/mol. The fraction of sp³-hybridized carbons (Fsp3) is 0.286. The van der Waals surface area contributed by atoms with Gasteiger partial charge >= 0.3 is 0 Å². The number of aromatic amines is 1. The topological polar surface area (TPSA) is 68.4 Å². The van der Waals surface area contributed by atoms with Crippen molar-refractivity contribution in [3.63, 3.8) is 0 Å². The summed E-state index contributed by atoms with van der Waals surface area (Å²) in [6.45, 7) is 2.54. The maximum atomic E-state index is 12.7. The molecular formula is C21H23N3O2. The summed E-state index contributed by atoms with van der Waals surface area (Å²) in [7, 11) is 0. The number of piperidine rings is 1. The number of H-pyrrole nitrogens is 1. The number of likely N-dealkylation sites (tertiary alicyclic amines) is 1. The van der Waals surface area contributed by atoms with Crippen LogP contribution in [0.25, 0.3) is 10.9 Å². The third-order valence-electron chi connectivity index (χ3n) is 5.03. The summed E-state index contributed by atoms with van der Waals surface area (Å²) in [6, 6.07) is 15.6. The molecular weight excluding hydrogens is 326 g/mol. The van der Waals surface area contributed by atoms with Crippen LogP contribution in [-0.4, -0.2) is 40.1 Å². The predicted octanol–water partition coefficient (Wildman–Crippen LogP) is 3.38. The normalized spacial score (nSPS) is 16.0. The van der Waals surface area contributed by atoms with Crippen molar-refractivity contribution in [2.75, 3.05) is 18.4 Å². The lowest BCUT2D eigenvalue weighted by molar-refractivity contribution is 0.0793. The van der Waals surface area contributed by atoms with Crippen molar-refractivity contribution in [3.8, 4) is 0 Å². The minimum Gasteiger partial charge on any atom is -0.393 e. The lowest BCUT2D eigenvalue weighted by Gasteiger charge is -2.30. The molecule has 0 aliphatic carbocycles. The van der Waals surface area contributed by atoms with Gasteiger partial charge in [-0.15, -0.1) is 0 Å². The summed E-state index contributed by atoms with van der Waals surface area (Å²) >= 11 is 0. The number of carbonyl (C=O) groups is 1. The molecule has 2 heterocycles. The minimum atomic E-state index is -0.176. The average Bonchev–Trinajstić information content (AvgIpc) is 3.13. The smallest absolute Gasteiger partial charge is 0.255 e. The number of anilines is 1. The van der Waals surface area contributed by atoms with Crippen molar-refractivity contribution in [1.82, 2.24) is 9.88 Å². The number of hydrogen-bond donors (Lipinski definition) is 3. The van der Waals surface area contributed by atoms with E-state index < -0.39 is 0 Å². The Bertz CT molecular complexity index is 910. The molecule has 0 radical (unpaired) electrons. The molecule has 1 amide bonds. The quantitative estimate of drug-likeness (QED) is 0.676. The van der Waals surface area contributed by atoms with Crippen molar-refractivity contribution >= 4 is 22.5 Å². The van der Waals surface area contributed by atoms with Gasteiger partial charge in [-0.05, 0) is 48.7 Å². The number of aliphatic hydroxyl groups excluding tert-OH is 1. The van der Waals surface area contributed by atoms with E-state index in [2.05, 4.69) is 21.3 Å². The van der Waals surface area contributed by atoms with E-state index >= 15 is 0 Å². The van der Waals surface area contributed by atoms with E-state index in [1.165, 1.54) is 0 Å². The molecule has 4 rings (SSSR count). The van der Waals surface area contributed by atoms with E-state index in [1.54, 1.807) is 0 Å². The number of fused-ring (bicyclic) bond motifs is 1. The number of nitrogens with one attached hydrogen (secondary N) is 2. The second kappa shape index (κ2) is 7.32. The molecule has 1 fully saturated rings. The summed E-state index contributed by atoms with van der Waals surface area (Å²) in [5.41, 5.74) is 3.61. The monoisotopic (exact) mass is 349 g/mol. The zero-order valence-electron chi connectivity index (χ0n) is 14.6. The van der Waals surface area contributed by atoms with E-state index in [4.69, 9.17) is 0 Å². The van der Waals surface area contributed by atoms with Gasteiger partial charge in [-0.1, -0.05) is 18.2 Å². The SMILES string of the molecule is O=C(Nc1ccccc1CN1CCC(O)CC1)c1ccc2[nH]ccc2c1. The molecule has 26 heavy (non-hydrogen) atoms. The number of amides is 1. The Labute approximate surface area is 152 Å². The van der Waals surface area contributed by atoms with Crippen molar-refractivity contribution in [2.24, 2.45) is 0 Å². The van der Waals surface area contributed by atoms with Crippen LogP contribution in [0.4, 0.5) is 5.69 Å². The van der Waals surface area contributed by atoms with Gasteiger partial charge in [-0.2, -0.15) is 0 Å². The molecule has 1 saturated heterocycles. The zero-order chi connectivity index (χ0) is 17.9. The van der Waals surface area contributed by atoms with Crippen LogP contribution < -0.4 is 5.32 Å². The first-order valence-electron chi connectivity index (χ1n) is 9.06. The van der Waals surface area contributed by atoms with Crippen LogP contribution >= 0.6 is 0 Å². The number of carbonyl (C=O) groups excluding carboxylic acids is 1. The summed E-state index contributed by atoms with van der Waals surface area (Å²) in [5.74, 6) is -0.102. The lowest BCUT2D eigenvalue weighted by atomic mass is 10.1. The van der Waals surface area contributed by atoms with Gasteiger partial charge in [0.05, 0.1) is 6.10 Å². The van der Waals surface area contributed by atoms with Crippen LogP contribution in [0.5, 0.6) is 0 Å². The highest BCUT2D eigenvalue weighted by atomic mass is 16.3. The van der Waals surface area contributed by atoms with E-state index in [0.717, 1.165) is 54.6 Å². The Kier molecular flexibility index (Phi) is 4.73. The molecule has 1 aliphatic heterocycles. The highest BCUT2D eigenvalue weighted by Crippen LogP contribution is 2.21. The molecule has 134 valence electrons. The van der Waals surface area contributed by atoms with Gasteiger partial charge in [0, 0.05) is 48.0 Å². The Hall–Kier alpha value is -2.63. The number of aliphatic hydroxyl groups is 1. The Morgan fingerprint density at radius 1 is 1.15 bits per heavy atom. The molecule has 5 nitrogen and oxygen atoms in total. The second-order valence-corrected chi connectivity index (χ2v) is 6.90. The van der Waals surface area contributed by atoms with E-state index in [0.29, 0.717) is 5.56 Å². The van der Waals surface area contributed by atoms with Crippen LogP contribution in [0.2, 0.25) is 0 Å². The van der Waals surface area contributed by atoms with Crippen LogP contribution in [0.3, 0.4) is 0 Å². The van der Waals surface area contributed by atoms with E-state index in [9.17, 15) is 9.90 Å². The zero-order valence-corrected chi connectivity index (χ0v) is 14.6. The van der Waals surface area contributed by atoms with Crippen LogP contribution in [-0.2, 0) is 6.54 Å². The van der Waals surface area contributed by atoms with Crippen molar-refractivity contribution in [3.05, 3.63) is 65.9 Å². The number of aromatic nitrogens is 1. The summed E-state index contributed by atoms with van der Waals surface area (Å²) in [4.78, 5) is 18.2. The third-order valence-corrected chi connectivity index (χ3v) is 5.03. The lowest BCUT2D eigenvalue weighted by Crippen LogP contribution is -2.35. The summed E-state index contributed by atoms with van der Waals surface area (Å²) in [5, 5.41) is 13.7. The maximum Gasteiger partial charge on any atom is 0.255 e. The molecule has 1 aromatic heterocycles. The highest BCUT2D eigenvalue weighted by Gasteiger charge is 2.18. The Balaban J connectivity index is 1.49. The molecule has 5 heteroatoms. The van der Waals surface area contributed by atoms with Crippen molar-refractivity contribution in [2.45, 2.75) is 25.5 Å². The second-order valence-electron chi connectivity index (χ2n) is 6.90. The molecule has 2 aromatic carbocycles. The van der Waals surface area contributed by atoms with Crippen molar-refractivity contribution < 1.29 is 9.90 Å². The van der Waals surface area contributed by atoms with Gasteiger partial charge in [0.1, 0.15) is 0 Å². The van der Waals surface area contributed by atoms with Crippen LogP contribution in [0.1, 0.15) is 28.8 Å². The number of nitrogens with zero attached hydrogens (tertiary/aromatic N) is 1. The largest absolute Gasteiger partial charge is 0.393 e. The molecule has 3 N–H and O–H groups in total. The minimum absolute atomic E-state index is 0.102. The molecule has 0 unspecified atom stereocenters. The number of para-hydroxylation sites is 1. The molecule has 0 atom stereocenters.